The van der Waals surface area contributed by atoms with Crippen LogP contribution in [0.4, 0.5) is 0 Å². The summed E-state index contributed by atoms with van der Waals surface area (Å²) in [5.74, 6) is 0.889. The fraction of sp³-hybridized carbons (Fsp3) is 0.250. The topological polar surface area (TPSA) is 0 Å². The lowest BCUT2D eigenvalue weighted by atomic mass is 9.86. The molecule has 0 spiro atoms. The van der Waals surface area contributed by atoms with Gasteiger partial charge in [-0.05, 0) is 42.0 Å². The highest BCUT2D eigenvalue weighted by Crippen LogP contribution is 2.45. The summed E-state index contributed by atoms with van der Waals surface area (Å²) >= 11 is 0. The molecule has 0 saturated heterocycles. The van der Waals surface area contributed by atoms with Crippen molar-refractivity contribution in [3.63, 3.8) is 0 Å². The van der Waals surface area contributed by atoms with E-state index in [-0.39, 0.29) is 0 Å². The van der Waals surface area contributed by atoms with Crippen molar-refractivity contribution in [2.24, 2.45) is 5.92 Å². The van der Waals surface area contributed by atoms with Gasteiger partial charge in [-0.15, -0.1) is 0 Å². The maximum absolute atomic E-state index is 4.10. The van der Waals surface area contributed by atoms with E-state index in [2.05, 4.69) is 95.0 Å². The Morgan fingerprint density at radius 1 is 1.00 bits per heavy atom. The van der Waals surface area contributed by atoms with Gasteiger partial charge in [-0.2, -0.15) is 0 Å². The third-order valence-corrected chi connectivity index (χ3v) is 4.99. The van der Waals surface area contributed by atoms with Gasteiger partial charge in [-0.3, -0.25) is 0 Å². The maximum atomic E-state index is 4.10. The van der Waals surface area contributed by atoms with E-state index in [1.807, 2.05) is 0 Å². The van der Waals surface area contributed by atoms with Gasteiger partial charge in [0.15, 0.2) is 0 Å². The molecular formula is C24H26. The van der Waals surface area contributed by atoms with Gasteiger partial charge >= 0.3 is 0 Å². The minimum absolute atomic E-state index is 0.361. The molecule has 0 N–H and O–H groups in total. The standard InChI is InChI=1S/C24H26/c1-16(2)18(5)14-23-21-13-9-12-20(19-10-7-6-8-11-19)24(21)15-22(23)17(3)4/h6-15,17,23H,1H2,2-5H3. The van der Waals surface area contributed by atoms with Crippen LogP contribution >= 0.6 is 0 Å². The first-order valence-corrected chi connectivity index (χ1v) is 8.73. The average Bonchev–Trinajstić information content (AvgIpc) is 2.94. The molecule has 3 rings (SSSR count). The molecule has 0 aliphatic heterocycles. The third-order valence-electron chi connectivity index (χ3n) is 4.99. The zero-order valence-electron chi connectivity index (χ0n) is 15.1. The number of hydrogen-bond donors (Lipinski definition) is 0. The molecule has 0 bridgehead atoms. The Morgan fingerprint density at radius 3 is 2.33 bits per heavy atom. The van der Waals surface area contributed by atoms with Crippen molar-refractivity contribution in [3.8, 4) is 11.1 Å². The lowest BCUT2D eigenvalue weighted by molar-refractivity contribution is 0.723. The summed E-state index contributed by atoms with van der Waals surface area (Å²) in [7, 11) is 0. The quantitative estimate of drug-likeness (QED) is 0.532. The molecule has 0 fully saturated rings. The lowest BCUT2D eigenvalue weighted by Gasteiger charge is -2.18. The van der Waals surface area contributed by atoms with Crippen molar-refractivity contribution in [2.75, 3.05) is 0 Å². The van der Waals surface area contributed by atoms with E-state index in [0.29, 0.717) is 11.8 Å². The van der Waals surface area contributed by atoms with Crippen LogP contribution in [0.3, 0.4) is 0 Å². The van der Waals surface area contributed by atoms with Crippen LogP contribution in [0, 0.1) is 5.92 Å². The predicted octanol–water partition coefficient (Wildman–Crippen LogP) is 7.01. The van der Waals surface area contributed by atoms with E-state index in [4.69, 9.17) is 0 Å². The molecule has 0 heteroatoms. The molecule has 2 aromatic rings. The second-order valence-electron chi connectivity index (χ2n) is 7.08. The first-order valence-electron chi connectivity index (χ1n) is 8.73. The second kappa shape index (κ2) is 6.65. The Labute approximate surface area is 146 Å². The summed E-state index contributed by atoms with van der Waals surface area (Å²) in [6.07, 6.45) is 4.80. The van der Waals surface area contributed by atoms with E-state index >= 15 is 0 Å². The highest BCUT2D eigenvalue weighted by Gasteiger charge is 2.27. The number of allylic oxidation sites excluding steroid dienone is 4. The van der Waals surface area contributed by atoms with Crippen LogP contribution in [-0.2, 0) is 0 Å². The minimum Gasteiger partial charge on any atom is -0.0959 e. The molecule has 0 amide bonds. The van der Waals surface area contributed by atoms with Crippen molar-refractivity contribution in [3.05, 3.63) is 89.0 Å². The molecule has 1 atom stereocenters. The van der Waals surface area contributed by atoms with Crippen molar-refractivity contribution in [2.45, 2.75) is 33.6 Å². The number of benzene rings is 2. The second-order valence-corrected chi connectivity index (χ2v) is 7.08. The van der Waals surface area contributed by atoms with Gasteiger partial charge in [0.25, 0.3) is 0 Å². The maximum Gasteiger partial charge on any atom is 0.0246 e. The van der Waals surface area contributed by atoms with E-state index in [0.717, 1.165) is 5.57 Å². The monoisotopic (exact) mass is 314 g/mol. The molecule has 0 nitrogen and oxygen atoms in total. The van der Waals surface area contributed by atoms with Crippen molar-refractivity contribution >= 4 is 6.08 Å². The third kappa shape index (κ3) is 3.01. The van der Waals surface area contributed by atoms with E-state index in [1.54, 1.807) is 0 Å². The fourth-order valence-corrected chi connectivity index (χ4v) is 3.42. The Bertz CT molecular complexity index is 816. The molecule has 0 saturated carbocycles. The Hall–Kier alpha value is -2.34. The summed E-state index contributed by atoms with van der Waals surface area (Å²) < 4.78 is 0. The normalized spacial score (nSPS) is 17.0. The molecule has 122 valence electrons. The minimum atomic E-state index is 0.361. The van der Waals surface area contributed by atoms with Gasteiger partial charge in [-0.1, -0.05) is 97.8 Å². The Morgan fingerprint density at radius 2 is 1.71 bits per heavy atom. The van der Waals surface area contributed by atoms with Gasteiger partial charge in [0.2, 0.25) is 0 Å². The van der Waals surface area contributed by atoms with Crippen LogP contribution in [-0.4, -0.2) is 0 Å². The van der Waals surface area contributed by atoms with Crippen LogP contribution in [0.5, 0.6) is 0 Å². The first-order chi connectivity index (χ1) is 11.5. The van der Waals surface area contributed by atoms with Crippen molar-refractivity contribution in [1.82, 2.24) is 0 Å². The van der Waals surface area contributed by atoms with E-state index in [1.165, 1.54) is 33.4 Å². The lowest BCUT2D eigenvalue weighted by Crippen LogP contribution is -2.02. The van der Waals surface area contributed by atoms with E-state index < -0.39 is 0 Å². The SMILES string of the molecule is C=C(C)C(C)=CC1C(C(C)C)=Cc2c(-c3ccccc3)cccc21. The van der Waals surface area contributed by atoms with Crippen LogP contribution in [0.25, 0.3) is 17.2 Å². The van der Waals surface area contributed by atoms with Crippen LogP contribution in [0.15, 0.2) is 77.9 Å². The zero-order chi connectivity index (χ0) is 17.3. The van der Waals surface area contributed by atoms with Gasteiger partial charge in [-0.25, -0.2) is 0 Å². The molecule has 1 unspecified atom stereocenters. The number of fused-ring (bicyclic) bond motifs is 1. The first kappa shape index (κ1) is 16.5. The van der Waals surface area contributed by atoms with Gasteiger partial charge in [0.05, 0.1) is 0 Å². The van der Waals surface area contributed by atoms with Crippen LogP contribution in [0.1, 0.15) is 44.7 Å². The van der Waals surface area contributed by atoms with Crippen molar-refractivity contribution in [1.29, 1.82) is 0 Å². The average molecular weight is 314 g/mol. The van der Waals surface area contributed by atoms with Crippen molar-refractivity contribution < 1.29 is 0 Å². The largest absolute Gasteiger partial charge is 0.0959 e. The summed E-state index contributed by atoms with van der Waals surface area (Å²) in [6.45, 7) is 12.9. The molecule has 24 heavy (non-hydrogen) atoms. The summed E-state index contributed by atoms with van der Waals surface area (Å²) in [4.78, 5) is 0. The van der Waals surface area contributed by atoms with Crippen LogP contribution in [0.2, 0.25) is 0 Å². The molecular weight excluding hydrogens is 288 g/mol. The predicted molar refractivity (Wildman–Crippen MR) is 106 cm³/mol. The molecule has 0 radical (unpaired) electrons. The summed E-state index contributed by atoms with van der Waals surface area (Å²) in [6, 6.07) is 17.4. The summed E-state index contributed by atoms with van der Waals surface area (Å²) in [5, 5.41) is 0. The molecule has 0 aromatic heterocycles. The van der Waals surface area contributed by atoms with Gasteiger partial charge in [0, 0.05) is 5.92 Å². The van der Waals surface area contributed by atoms with E-state index in [9.17, 15) is 0 Å². The highest BCUT2D eigenvalue weighted by atomic mass is 14.3. The molecule has 2 aromatic carbocycles. The molecule has 1 aliphatic carbocycles. The Kier molecular flexibility index (Phi) is 4.57. The molecule has 1 aliphatic rings. The number of hydrogen-bond acceptors (Lipinski definition) is 0. The molecule has 0 heterocycles. The Balaban J connectivity index is 2.17. The fourth-order valence-electron chi connectivity index (χ4n) is 3.42. The summed E-state index contributed by atoms with van der Waals surface area (Å²) in [5.41, 5.74) is 9.33. The van der Waals surface area contributed by atoms with Gasteiger partial charge in [0.1, 0.15) is 0 Å². The highest BCUT2D eigenvalue weighted by molar-refractivity contribution is 5.82. The van der Waals surface area contributed by atoms with Crippen LogP contribution < -0.4 is 0 Å². The zero-order valence-corrected chi connectivity index (χ0v) is 15.1. The van der Waals surface area contributed by atoms with Gasteiger partial charge < -0.3 is 0 Å². The number of rotatable bonds is 4. The smallest absolute Gasteiger partial charge is 0.0246 e.